The van der Waals surface area contributed by atoms with E-state index in [9.17, 15) is 9.59 Å². The third kappa shape index (κ3) is 2.89. The molecule has 0 aliphatic heterocycles. The number of nitrogens with two attached hydrogens (primary N) is 2. The van der Waals surface area contributed by atoms with Gasteiger partial charge in [0.15, 0.2) is 0 Å². The molecule has 1 fully saturated rings. The highest BCUT2D eigenvalue weighted by Crippen LogP contribution is 2.37. The maximum absolute atomic E-state index is 12.1. The highest BCUT2D eigenvalue weighted by atomic mass is 16.2. The molecule has 0 bridgehead atoms. The molecule has 2 rings (SSSR count). The second kappa shape index (κ2) is 4.60. The fourth-order valence-electron chi connectivity index (χ4n) is 1.82. The summed E-state index contributed by atoms with van der Waals surface area (Å²) >= 11 is 0. The van der Waals surface area contributed by atoms with Crippen LogP contribution in [0.5, 0.6) is 0 Å². The molecule has 0 spiro atoms. The fourth-order valence-corrected chi connectivity index (χ4v) is 1.82. The molecule has 2 amide bonds. The maximum Gasteiger partial charge on any atom is 0.268 e. The van der Waals surface area contributed by atoms with Crippen LogP contribution in [0.1, 0.15) is 43.2 Å². The Labute approximate surface area is 112 Å². The van der Waals surface area contributed by atoms with E-state index in [2.05, 4.69) is 5.32 Å². The highest BCUT2D eigenvalue weighted by Gasteiger charge is 2.29. The molecule has 5 N–H and O–H groups in total. The lowest BCUT2D eigenvalue weighted by Crippen LogP contribution is -2.42. The van der Waals surface area contributed by atoms with Crippen LogP contribution in [-0.2, 0) is 4.79 Å². The van der Waals surface area contributed by atoms with E-state index in [-0.39, 0.29) is 12.5 Å². The number of nitrogen functional groups attached to an aromatic ring is 1. The average molecular weight is 264 g/mol. The summed E-state index contributed by atoms with van der Waals surface area (Å²) in [6.45, 7) is 3.60. The van der Waals surface area contributed by atoms with Crippen molar-refractivity contribution in [2.75, 3.05) is 12.3 Å². The van der Waals surface area contributed by atoms with Crippen molar-refractivity contribution in [3.8, 4) is 0 Å². The van der Waals surface area contributed by atoms with E-state index in [1.54, 1.807) is 26.1 Å². The molecule has 1 heterocycles. The quantitative estimate of drug-likeness (QED) is 0.727. The van der Waals surface area contributed by atoms with E-state index < -0.39 is 11.3 Å². The lowest BCUT2D eigenvalue weighted by molar-refractivity contribution is -0.125. The van der Waals surface area contributed by atoms with Crippen LogP contribution in [0, 0.1) is 5.41 Å². The average Bonchev–Trinajstić information content (AvgIpc) is 3.09. The number of aromatic nitrogens is 1. The Morgan fingerprint density at radius 3 is 2.63 bits per heavy atom. The van der Waals surface area contributed by atoms with Gasteiger partial charge in [-0.25, -0.2) is 0 Å². The molecule has 1 aliphatic carbocycles. The van der Waals surface area contributed by atoms with Crippen molar-refractivity contribution in [1.29, 1.82) is 0 Å². The van der Waals surface area contributed by atoms with Crippen molar-refractivity contribution < 1.29 is 9.59 Å². The first-order valence-electron chi connectivity index (χ1n) is 6.37. The van der Waals surface area contributed by atoms with Gasteiger partial charge in [0.05, 0.1) is 11.1 Å². The molecular weight excluding hydrogens is 244 g/mol. The topological polar surface area (TPSA) is 103 Å². The van der Waals surface area contributed by atoms with Crippen LogP contribution in [0.15, 0.2) is 12.3 Å². The summed E-state index contributed by atoms with van der Waals surface area (Å²) in [5, 5.41) is 2.74. The molecule has 104 valence electrons. The van der Waals surface area contributed by atoms with Crippen LogP contribution in [0.25, 0.3) is 0 Å². The van der Waals surface area contributed by atoms with E-state index in [0.717, 1.165) is 12.8 Å². The Morgan fingerprint density at radius 1 is 1.47 bits per heavy atom. The summed E-state index contributed by atoms with van der Waals surface area (Å²) in [5.74, 6) is -0.664. The van der Waals surface area contributed by atoms with Crippen molar-refractivity contribution in [3.05, 3.63) is 18.0 Å². The summed E-state index contributed by atoms with van der Waals surface area (Å²) in [5.41, 5.74) is 11.4. The summed E-state index contributed by atoms with van der Waals surface area (Å²) in [7, 11) is 0. The zero-order valence-electron chi connectivity index (χ0n) is 11.3. The lowest BCUT2D eigenvalue weighted by atomic mass is 9.93. The van der Waals surface area contributed by atoms with Gasteiger partial charge in [-0.1, -0.05) is 0 Å². The first-order valence-corrected chi connectivity index (χ1v) is 6.37. The number of hydrogen-bond acceptors (Lipinski definition) is 3. The zero-order valence-corrected chi connectivity index (χ0v) is 11.3. The van der Waals surface area contributed by atoms with Crippen molar-refractivity contribution in [2.45, 2.75) is 32.7 Å². The van der Waals surface area contributed by atoms with Gasteiger partial charge in [0, 0.05) is 18.8 Å². The molecule has 0 atom stereocenters. The predicted octanol–water partition coefficient (Wildman–Crippen LogP) is 0.647. The van der Waals surface area contributed by atoms with Gasteiger partial charge in [-0.15, -0.1) is 0 Å². The van der Waals surface area contributed by atoms with Crippen LogP contribution in [0.4, 0.5) is 5.69 Å². The normalized spacial score (nSPS) is 15.3. The molecule has 0 unspecified atom stereocenters. The summed E-state index contributed by atoms with van der Waals surface area (Å²) < 4.78 is 1.90. The van der Waals surface area contributed by atoms with Gasteiger partial charge in [0.1, 0.15) is 5.69 Å². The van der Waals surface area contributed by atoms with Crippen molar-refractivity contribution >= 4 is 17.5 Å². The van der Waals surface area contributed by atoms with Crippen molar-refractivity contribution in [1.82, 2.24) is 9.88 Å². The van der Waals surface area contributed by atoms with Crippen LogP contribution >= 0.6 is 0 Å². The Balaban J connectivity index is 2.06. The molecule has 1 aromatic rings. The van der Waals surface area contributed by atoms with E-state index in [1.165, 1.54) is 0 Å². The Hall–Kier alpha value is -1.98. The van der Waals surface area contributed by atoms with Crippen molar-refractivity contribution in [2.24, 2.45) is 11.1 Å². The number of hydrogen-bond donors (Lipinski definition) is 3. The number of carbonyl (C=O) groups is 2. The Kier molecular flexibility index (Phi) is 3.26. The van der Waals surface area contributed by atoms with Gasteiger partial charge >= 0.3 is 0 Å². The summed E-state index contributed by atoms with van der Waals surface area (Å²) in [4.78, 5) is 23.3. The van der Waals surface area contributed by atoms with E-state index >= 15 is 0 Å². The molecule has 0 saturated heterocycles. The third-order valence-electron chi connectivity index (χ3n) is 3.40. The minimum Gasteiger partial charge on any atom is -0.397 e. The molecule has 0 aromatic carbocycles. The Morgan fingerprint density at radius 2 is 2.11 bits per heavy atom. The van der Waals surface area contributed by atoms with Crippen LogP contribution < -0.4 is 16.8 Å². The van der Waals surface area contributed by atoms with Crippen LogP contribution in [0.2, 0.25) is 0 Å². The second-order valence-electron chi connectivity index (χ2n) is 5.73. The lowest BCUT2D eigenvalue weighted by Gasteiger charge is -2.20. The monoisotopic (exact) mass is 264 g/mol. The first kappa shape index (κ1) is 13.5. The second-order valence-corrected chi connectivity index (χ2v) is 5.73. The van der Waals surface area contributed by atoms with Crippen LogP contribution in [-0.4, -0.2) is 22.9 Å². The minimum absolute atomic E-state index is 0.205. The largest absolute Gasteiger partial charge is 0.397 e. The number of carbonyl (C=O) groups excluding carboxylic acids is 2. The number of rotatable bonds is 5. The standard InChI is InChI=1S/C13H20N4O2/c1-13(2,12(15)19)7-16-11(18)10-5-8(14)6-17(10)9-3-4-9/h5-6,9H,3-4,7,14H2,1-2H3,(H2,15,19)(H,16,18). The molecule has 1 aliphatic rings. The Bertz CT molecular complexity index is 515. The molecule has 0 radical (unpaired) electrons. The molecule has 6 heteroatoms. The molecule has 6 nitrogen and oxygen atoms in total. The number of amides is 2. The fraction of sp³-hybridized carbons (Fsp3) is 0.538. The van der Waals surface area contributed by atoms with Gasteiger partial charge in [0.25, 0.3) is 5.91 Å². The number of primary amides is 1. The van der Waals surface area contributed by atoms with Gasteiger partial charge in [-0.05, 0) is 32.8 Å². The summed E-state index contributed by atoms with van der Waals surface area (Å²) in [6, 6.07) is 2.03. The molecular formula is C13H20N4O2. The molecule has 1 saturated carbocycles. The number of nitrogens with one attached hydrogen (secondary N) is 1. The summed E-state index contributed by atoms with van der Waals surface area (Å²) in [6.07, 6.45) is 3.92. The SMILES string of the molecule is CC(C)(CNC(=O)c1cc(N)cn1C1CC1)C(N)=O. The van der Waals surface area contributed by atoms with E-state index in [4.69, 9.17) is 11.5 Å². The van der Waals surface area contributed by atoms with Gasteiger partial charge in [0.2, 0.25) is 5.91 Å². The highest BCUT2D eigenvalue weighted by molar-refractivity contribution is 5.94. The number of anilines is 1. The smallest absolute Gasteiger partial charge is 0.268 e. The first-order chi connectivity index (χ1) is 8.81. The molecule has 1 aromatic heterocycles. The van der Waals surface area contributed by atoms with Crippen LogP contribution in [0.3, 0.4) is 0 Å². The van der Waals surface area contributed by atoms with Crippen molar-refractivity contribution in [3.63, 3.8) is 0 Å². The maximum atomic E-state index is 12.1. The third-order valence-corrected chi connectivity index (χ3v) is 3.40. The number of nitrogens with zero attached hydrogens (tertiary/aromatic N) is 1. The van der Waals surface area contributed by atoms with Gasteiger partial charge in [-0.2, -0.15) is 0 Å². The molecule has 19 heavy (non-hydrogen) atoms. The minimum atomic E-state index is -0.766. The van der Waals surface area contributed by atoms with E-state index in [0.29, 0.717) is 17.4 Å². The van der Waals surface area contributed by atoms with Gasteiger partial charge < -0.3 is 21.4 Å². The predicted molar refractivity (Wildman–Crippen MR) is 72.4 cm³/mol. The van der Waals surface area contributed by atoms with E-state index in [1.807, 2.05) is 4.57 Å². The van der Waals surface area contributed by atoms with Gasteiger partial charge in [-0.3, -0.25) is 9.59 Å². The zero-order chi connectivity index (χ0) is 14.2.